The standard InChI is InChI=1S/C19H14F3N3O/c20-19(21,22)15-8-6-13(7-9-15)10-17(26)25-16-11-23-18(24-12-16)14-4-2-1-3-5-14/h1-9,11-12H,10H2,(H,25,26). The normalized spacial score (nSPS) is 11.2. The Kier molecular flexibility index (Phi) is 4.97. The van der Waals surface area contributed by atoms with Crippen LogP contribution in [0.15, 0.2) is 67.0 Å². The van der Waals surface area contributed by atoms with Crippen molar-refractivity contribution in [2.24, 2.45) is 0 Å². The largest absolute Gasteiger partial charge is 0.416 e. The van der Waals surface area contributed by atoms with Gasteiger partial charge < -0.3 is 5.32 Å². The summed E-state index contributed by atoms with van der Waals surface area (Å²) in [7, 11) is 0. The summed E-state index contributed by atoms with van der Waals surface area (Å²) in [5.74, 6) is 0.173. The smallest absolute Gasteiger partial charge is 0.323 e. The first-order chi connectivity index (χ1) is 12.4. The molecule has 1 aromatic heterocycles. The Morgan fingerprint density at radius 1 is 0.923 bits per heavy atom. The van der Waals surface area contributed by atoms with Crippen LogP contribution in [-0.4, -0.2) is 15.9 Å². The van der Waals surface area contributed by atoms with E-state index in [2.05, 4.69) is 15.3 Å². The number of hydrogen-bond donors (Lipinski definition) is 1. The van der Waals surface area contributed by atoms with Crippen molar-refractivity contribution >= 4 is 11.6 Å². The number of hydrogen-bond acceptors (Lipinski definition) is 3. The summed E-state index contributed by atoms with van der Waals surface area (Å²) < 4.78 is 37.6. The summed E-state index contributed by atoms with van der Waals surface area (Å²) in [5.41, 5.74) is 1.01. The Morgan fingerprint density at radius 2 is 1.54 bits per heavy atom. The summed E-state index contributed by atoms with van der Waals surface area (Å²) in [6.45, 7) is 0. The highest BCUT2D eigenvalue weighted by molar-refractivity contribution is 5.92. The van der Waals surface area contributed by atoms with E-state index in [1.54, 1.807) is 0 Å². The predicted molar refractivity (Wildman–Crippen MR) is 91.2 cm³/mol. The second kappa shape index (κ2) is 7.35. The zero-order valence-electron chi connectivity index (χ0n) is 13.5. The van der Waals surface area contributed by atoms with E-state index in [-0.39, 0.29) is 12.3 Å². The Hall–Kier alpha value is -3.22. The van der Waals surface area contributed by atoms with Gasteiger partial charge in [0.05, 0.1) is 30.1 Å². The number of nitrogens with zero attached hydrogens (tertiary/aromatic N) is 2. The van der Waals surface area contributed by atoms with Gasteiger partial charge in [0.25, 0.3) is 0 Å². The Morgan fingerprint density at radius 3 is 2.12 bits per heavy atom. The number of benzene rings is 2. The lowest BCUT2D eigenvalue weighted by Crippen LogP contribution is -2.15. The maximum atomic E-state index is 12.5. The summed E-state index contributed by atoms with van der Waals surface area (Å²) in [6.07, 6.45) is -1.46. The Bertz CT molecular complexity index is 877. The van der Waals surface area contributed by atoms with Gasteiger partial charge >= 0.3 is 6.18 Å². The average molecular weight is 357 g/mol. The van der Waals surface area contributed by atoms with Crippen LogP contribution in [0.3, 0.4) is 0 Å². The van der Waals surface area contributed by atoms with E-state index in [1.165, 1.54) is 24.5 Å². The molecule has 0 fully saturated rings. The van der Waals surface area contributed by atoms with E-state index in [4.69, 9.17) is 0 Å². The van der Waals surface area contributed by atoms with Crippen LogP contribution in [0.1, 0.15) is 11.1 Å². The number of carbonyl (C=O) groups excluding carboxylic acids is 1. The van der Waals surface area contributed by atoms with Crippen molar-refractivity contribution in [2.45, 2.75) is 12.6 Å². The van der Waals surface area contributed by atoms with Gasteiger partial charge in [-0.2, -0.15) is 13.2 Å². The van der Waals surface area contributed by atoms with Crippen LogP contribution in [-0.2, 0) is 17.4 Å². The number of aromatic nitrogens is 2. The molecule has 0 spiro atoms. The van der Waals surface area contributed by atoms with E-state index in [9.17, 15) is 18.0 Å². The van der Waals surface area contributed by atoms with Crippen molar-refractivity contribution in [3.63, 3.8) is 0 Å². The van der Waals surface area contributed by atoms with Gasteiger partial charge in [0.15, 0.2) is 5.82 Å². The molecular formula is C19H14F3N3O. The number of halogens is 3. The third kappa shape index (κ3) is 4.44. The molecule has 1 heterocycles. The number of amides is 1. The van der Waals surface area contributed by atoms with E-state index < -0.39 is 11.7 Å². The molecule has 0 atom stereocenters. The molecule has 3 rings (SSSR count). The van der Waals surface area contributed by atoms with Crippen LogP contribution in [0.25, 0.3) is 11.4 Å². The van der Waals surface area contributed by atoms with Crippen LogP contribution in [0.5, 0.6) is 0 Å². The highest BCUT2D eigenvalue weighted by Crippen LogP contribution is 2.29. The summed E-state index contributed by atoms with van der Waals surface area (Å²) >= 11 is 0. The lowest BCUT2D eigenvalue weighted by Gasteiger charge is -2.08. The van der Waals surface area contributed by atoms with Crippen LogP contribution < -0.4 is 5.32 Å². The Balaban J connectivity index is 1.61. The summed E-state index contributed by atoms with van der Waals surface area (Å²) in [6, 6.07) is 13.9. The molecular weight excluding hydrogens is 343 g/mol. The number of rotatable bonds is 4. The van der Waals surface area contributed by atoms with Gasteiger partial charge in [-0.3, -0.25) is 4.79 Å². The van der Waals surface area contributed by atoms with Crippen molar-refractivity contribution < 1.29 is 18.0 Å². The van der Waals surface area contributed by atoms with E-state index >= 15 is 0 Å². The minimum atomic E-state index is -4.39. The van der Waals surface area contributed by atoms with Gasteiger partial charge in [-0.05, 0) is 17.7 Å². The highest BCUT2D eigenvalue weighted by atomic mass is 19.4. The van der Waals surface area contributed by atoms with Gasteiger partial charge in [0, 0.05) is 5.56 Å². The lowest BCUT2D eigenvalue weighted by molar-refractivity contribution is -0.137. The number of alkyl halides is 3. The van der Waals surface area contributed by atoms with Gasteiger partial charge in [-0.15, -0.1) is 0 Å². The maximum absolute atomic E-state index is 12.5. The summed E-state index contributed by atoms with van der Waals surface area (Å²) in [4.78, 5) is 20.4. The molecule has 0 saturated carbocycles. The molecule has 0 aliphatic carbocycles. The Labute approximate surface area is 147 Å². The second-order valence-electron chi connectivity index (χ2n) is 5.58. The third-order valence-corrected chi connectivity index (χ3v) is 3.61. The van der Waals surface area contributed by atoms with Crippen LogP contribution in [0.4, 0.5) is 18.9 Å². The van der Waals surface area contributed by atoms with Crippen molar-refractivity contribution in [1.29, 1.82) is 0 Å². The number of anilines is 1. The first-order valence-electron chi connectivity index (χ1n) is 7.75. The molecule has 0 saturated heterocycles. The van der Waals surface area contributed by atoms with Crippen molar-refractivity contribution in [3.05, 3.63) is 78.1 Å². The number of carbonyl (C=O) groups is 1. The van der Waals surface area contributed by atoms with Crippen molar-refractivity contribution in [1.82, 2.24) is 9.97 Å². The van der Waals surface area contributed by atoms with Crippen molar-refractivity contribution in [2.75, 3.05) is 5.32 Å². The maximum Gasteiger partial charge on any atom is 0.416 e. The topological polar surface area (TPSA) is 54.9 Å². The fraction of sp³-hybridized carbons (Fsp3) is 0.105. The van der Waals surface area contributed by atoms with E-state index in [0.29, 0.717) is 17.1 Å². The molecule has 0 unspecified atom stereocenters. The monoisotopic (exact) mass is 357 g/mol. The molecule has 0 aliphatic rings. The molecule has 132 valence electrons. The lowest BCUT2D eigenvalue weighted by atomic mass is 10.1. The highest BCUT2D eigenvalue weighted by Gasteiger charge is 2.29. The predicted octanol–water partition coefficient (Wildman–Crippen LogP) is 4.34. The zero-order valence-corrected chi connectivity index (χ0v) is 13.5. The fourth-order valence-electron chi connectivity index (χ4n) is 2.33. The molecule has 0 aliphatic heterocycles. The minimum absolute atomic E-state index is 0.0431. The summed E-state index contributed by atoms with van der Waals surface area (Å²) in [5, 5.41) is 2.63. The van der Waals surface area contributed by atoms with Gasteiger partial charge in [0.1, 0.15) is 0 Å². The van der Waals surface area contributed by atoms with Gasteiger partial charge in [-0.1, -0.05) is 42.5 Å². The molecule has 1 amide bonds. The number of nitrogens with one attached hydrogen (secondary N) is 1. The molecule has 26 heavy (non-hydrogen) atoms. The molecule has 7 heteroatoms. The average Bonchev–Trinajstić information content (AvgIpc) is 2.63. The van der Waals surface area contributed by atoms with Crippen LogP contribution >= 0.6 is 0 Å². The molecule has 1 N–H and O–H groups in total. The van der Waals surface area contributed by atoms with Gasteiger partial charge in [0.2, 0.25) is 5.91 Å². The minimum Gasteiger partial charge on any atom is -0.323 e. The third-order valence-electron chi connectivity index (χ3n) is 3.61. The van der Waals surface area contributed by atoms with Crippen LogP contribution in [0, 0.1) is 0 Å². The fourth-order valence-corrected chi connectivity index (χ4v) is 2.33. The first kappa shape index (κ1) is 17.6. The van der Waals surface area contributed by atoms with E-state index in [0.717, 1.165) is 17.7 Å². The quantitative estimate of drug-likeness (QED) is 0.756. The van der Waals surface area contributed by atoms with Gasteiger partial charge in [-0.25, -0.2) is 9.97 Å². The molecule has 3 aromatic rings. The van der Waals surface area contributed by atoms with Crippen molar-refractivity contribution in [3.8, 4) is 11.4 Å². The van der Waals surface area contributed by atoms with Crippen LogP contribution in [0.2, 0.25) is 0 Å². The SMILES string of the molecule is O=C(Cc1ccc(C(F)(F)F)cc1)Nc1cnc(-c2ccccc2)nc1. The second-order valence-corrected chi connectivity index (χ2v) is 5.58. The van der Waals surface area contributed by atoms with E-state index in [1.807, 2.05) is 30.3 Å². The molecule has 0 radical (unpaired) electrons. The zero-order chi connectivity index (χ0) is 18.6. The first-order valence-corrected chi connectivity index (χ1v) is 7.75. The molecule has 4 nitrogen and oxygen atoms in total. The molecule has 2 aromatic carbocycles. The molecule has 0 bridgehead atoms.